The molecule has 3 nitrogen and oxygen atoms in total. The Balaban J connectivity index is 2.70. The Kier molecular flexibility index (Phi) is 2.20. The maximum absolute atomic E-state index is 13.4. The molecule has 1 aromatic rings. The minimum atomic E-state index is -1.07. The molecule has 5 heteroatoms. The van der Waals surface area contributed by atoms with E-state index in [9.17, 15) is 18.4 Å². The summed E-state index contributed by atoms with van der Waals surface area (Å²) in [6.07, 6.45) is 4.99. The number of rotatable bonds is 1. The maximum Gasteiger partial charge on any atom is 0.300 e. The van der Waals surface area contributed by atoms with E-state index < -0.39 is 28.9 Å². The Labute approximate surface area is 89.7 Å². The van der Waals surface area contributed by atoms with Gasteiger partial charge in [0.25, 0.3) is 5.78 Å². The van der Waals surface area contributed by atoms with Crippen molar-refractivity contribution in [3.05, 3.63) is 29.3 Å². The largest absolute Gasteiger partial charge is 0.300 e. The second kappa shape index (κ2) is 3.42. The summed E-state index contributed by atoms with van der Waals surface area (Å²) < 4.78 is 26.7. The minimum Gasteiger partial charge on any atom is -0.290 e. The molecule has 0 aliphatic carbocycles. The number of Topliss-reactive ketones (excluding diaryl/α,β-unsaturated/α-hetero) is 1. The second-order valence-electron chi connectivity index (χ2n) is 3.18. The van der Waals surface area contributed by atoms with Crippen LogP contribution >= 0.6 is 0 Å². The lowest BCUT2D eigenvalue weighted by molar-refractivity contribution is -0.114. The number of terminal acetylenes is 1. The highest BCUT2D eigenvalue weighted by molar-refractivity contribution is 6.52. The Morgan fingerprint density at radius 2 is 1.88 bits per heavy atom. The van der Waals surface area contributed by atoms with E-state index >= 15 is 0 Å². The lowest BCUT2D eigenvalue weighted by atomic mass is 10.1. The van der Waals surface area contributed by atoms with Gasteiger partial charge in [-0.15, -0.1) is 6.42 Å². The van der Waals surface area contributed by atoms with Crippen LogP contribution < -0.4 is 4.90 Å². The number of hydrogen-bond acceptors (Lipinski definition) is 2. The van der Waals surface area contributed by atoms with E-state index in [0.717, 1.165) is 17.0 Å². The predicted octanol–water partition coefficient (Wildman–Crippen LogP) is 1.13. The van der Waals surface area contributed by atoms with E-state index in [1.165, 1.54) is 0 Å². The lowest BCUT2D eigenvalue weighted by Gasteiger charge is -2.13. The summed E-state index contributed by atoms with van der Waals surface area (Å²) in [5.41, 5.74) is -0.909. The molecule has 80 valence electrons. The molecule has 0 atom stereocenters. The van der Waals surface area contributed by atoms with Gasteiger partial charge in [0.15, 0.2) is 0 Å². The summed E-state index contributed by atoms with van der Waals surface area (Å²) in [5.74, 6) is -1.72. The van der Waals surface area contributed by atoms with Crippen molar-refractivity contribution in [1.82, 2.24) is 0 Å². The van der Waals surface area contributed by atoms with Gasteiger partial charge in [0.1, 0.15) is 11.6 Å². The highest BCUT2D eigenvalue weighted by Gasteiger charge is 2.40. The van der Waals surface area contributed by atoms with Crippen molar-refractivity contribution < 1.29 is 18.4 Å². The van der Waals surface area contributed by atoms with Crippen LogP contribution in [0.25, 0.3) is 0 Å². The molecule has 0 bridgehead atoms. The second-order valence-corrected chi connectivity index (χ2v) is 3.18. The van der Waals surface area contributed by atoms with Crippen LogP contribution in [0.5, 0.6) is 0 Å². The van der Waals surface area contributed by atoms with Crippen LogP contribution in [0.2, 0.25) is 0 Å². The van der Waals surface area contributed by atoms with E-state index in [0.29, 0.717) is 0 Å². The van der Waals surface area contributed by atoms with E-state index in [1.807, 2.05) is 0 Å². The zero-order chi connectivity index (χ0) is 11.9. The van der Waals surface area contributed by atoms with Crippen LogP contribution in [0.4, 0.5) is 14.5 Å². The molecule has 1 amide bonds. The minimum absolute atomic E-state index is 0.266. The van der Waals surface area contributed by atoms with Crippen LogP contribution in [0.1, 0.15) is 10.4 Å². The summed E-state index contributed by atoms with van der Waals surface area (Å²) in [6, 6.07) is 1.66. The topological polar surface area (TPSA) is 37.4 Å². The molecular formula is C11H5F2NO2. The first-order chi connectivity index (χ1) is 7.57. The van der Waals surface area contributed by atoms with Gasteiger partial charge in [0.2, 0.25) is 0 Å². The van der Waals surface area contributed by atoms with Gasteiger partial charge < -0.3 is 0 Å². The number of hydrogen-bond donors (Lipinski definition) is 0. The monoisotopic (exact) mass is 221 g/mol. The standard InChI is InChI=1S/C11H5F2NO2/c1-2-5-14-9-7(13)4-3-6(12)8(9)10(15)11(14)16/h1,3-4H,5H2. The number of ketones is 1. The van der Waals surface area contributed by atoms with E-state index in [1.54, 1.807) is 0 Å². The van der Waals surface area contributed by atoms with Gasteiger partial charge in [0, 0.05) is 0 Å². The number of nitrogens with zero attached hydrogens (tertiary/aromatic N) is 1. The molecule has 1 aromatic carbocycles. The molecular weight excluding hydrogens is 216 g/mol. The number of halogens is 2. The third-order valence-corrected chi connectivity index (χ3v) is 2.26. The fourth-order valence-electron chi connectivity index (χ4n) is 1.59. The van der Waals surface area contributed by atoms with E-state index in [-0.39, 0.29) is 12.2 Å². The smallest absolute Gasteiger partial charge is 0.290 e. The zero-order valence-electron chi connectivity index (χ0n) is 7.96. The highest BCUT2D eigenvalue weighted by Crippen LogP contribution is 2.33. The van der Waals surface area contributed by atoms with Gasteiger partial charge in [-0.3, -0.25) is 14.5 Å². The molecule has 0 N–H and O–H groups in total. The molecule has 0 saturated carbocycles. The van der Waals surface area contributed by atoms with Gasteiger partial charge in [-0.2, -0.15) is 0 Å². The first-order valence-electron chi connectivity index (χ1n) is 4.35. The summed E-state index contributed by atoms with van der Waals surface area (Å²) in [4.78, 5) is 23.6. The molecule has 0 aromatic heterocycles. The number of anilines is 1. The van der Waals surface area contributed by atoms with Gasteiger partial charge >= 0.3 is 5.91 Å². The number of amides is 1. The fraction of sp³-hybridized carbons (Fsp3) is 0.0909. The quantitative estimate of drug-likeness (QED) is 0.526. The number of carbonyl (C=O) groups is 2. The normalized spacial score (nSPS) is 13.9. The van der Waals surface area contributed by atoms with Crippen molar-refractivity contribution in [2.45, 2.75) is 0 Å². The van der Waals surface area contributed by atoms with Crippen molar-refractivity contribution in [1.29, 1.82) is 0 Å². The summed E-state index contributed by atoms with van der Waals surface area (Å²) in [5, 5.41) is 0. The van der Waals surface area contributed by atoms with Crippen LogP contribution in [0, 0.1) is 24.0 Å². The Morgan fingerprint density at radius 3 is 2.50 bits per heavy atom. The average Bonchev–Trinajstić information content (AvgIpc) is 2.50. The molecule has 0 unspecified atom stereocenters. The third-order valence-electron chi connectivity index (χ3n) is 2.26. The van der Waals surface area contributed by atoms with Crippen molar-refractivity contribution in [2.75, 3.05) is 11.4 Å². The highest BCUT2D eigenvalue weighted by atomic mass is 19.1. The molecule has 0 saturated heterocycles. The van der Waals surface area contributed by atoms with Crippen LogP contribution in [-0.2, 0) is 4.79 Å². The van der Waals surface area contributed by atoms with E-state index in [4.69, 9.17) is 6.42 Å². The SMILES string of the molecule is C#CCN1C(=O)C(=O)c2c(F)ccc(F)c21. The maximum atomic E-state index is 13.4. The molecule has 0 spiro atoms. The Bertz CT molecular complexity index is 546. The first-order valence-corrected chi connectivity index (χ1v) is 4.35. The summed E-state index contributed by atoms with van der Waals surface area (Å²) in [6.45, 7) is -0.266. The number of fused-ring (bicyclic) bond motifs is 1. The molecule has 2 rings (SSSR count). The van der Waals surface area contributed by atoms with Crippen molar-refractivity contribution in [3.63, 3.8) is 0 Å². The molecule has 1 aliphatic heterocycles. The van der Waals surface area contributed by atoms with Crippen molar-refractivity contribution >= 4 is 17.4 Å². The predicted molar refractivity (Wildman–Crippen MR) is 51.9 cm³/mol. The molecule has 0 fully saturated rings. The molecule has 16 heavy (non-hydrogen) atoms. The average molecular weight is 221 g/mol. The Morgan fingerprint density at radius 1 is 1.25 bits per heavy atom. The van der Waals surface area contributed by atoms with Crippen molar-refractivity contribution in [3.8, 4) is 12.3 Å². The number of benzene rings is 1. The van der Waals surface area contributed by atoms with E-state index in [2.05, 4.69) is 5.92 Å². The van der Waals surface area contributed by atoms with Gasteiger partial charge in [-0.05, 0) is 12.1 Å². The van der Waals surface area contributed by atoms with Crippen molar-refractivity contribution in [2.24, 2.45) is 0 Å². The summed E-state index contributed by atoms with van der Waals surface area (Å²) in [7, 11) is 0. The van der Waals surface area contributed by atoms with Gasteiger partial charge in [-0.1, -0.05) is 5.92 Å². The molecule has 1 heterocycles. The van der Waals surface area contributed by atoms with Crippen LogP contribution in [0.3, 0.4) is 0 Å². The molecule has 0 radical (unpaired) electrons. The Hall–Kier alpha value is -2.22. The van der Waals surface area contributed by atoms with Crippen LogP contribution in [0.15, 0.2) is 12.1 Å². The lowest BCUT2D eigenvalue weighted by Crippen LogP contribution is -2.30. The first kappa shape index (κ1) is 10.3. The zero-order valence-corrected chi connectivity index (χ0v) is 7.96. The third kappa shape index (κ3) is 1.20. The van der Waals surface area contributed by atoms with Crippen LogP contribution in [-0.4, -0.2) is 18.2 Å². The summed E-state index contributed by atoms with van der Waals surface area (Å²) >= 11 is 0. The van der Waals surface area contributed by atoms with Gasteiger partial charge in [-0.25, -0.2) is 8.78 Å². The number of carbonyl (C=O) groups excluding carboxylic acids is 2. The molecule has 1 aliphatic rings. The van der Waals surface area contributed by atoms with Gasteiger partial charge in [0.05, 0.1) is 17.8 Å². The fourth-order valence-corrected chi connectivity index (χ4v) is 1.59.